The Balaban J connectivity index is 1.56. The van der Waals surface area contributed by atoms with Crippen LogP contribution in [0.5, 0.6) is 0 Å². The van der Waals surface area contributed by atoms with E-state index >= 15 is 0 Å². The van der Waals surface area contributed by atoms with Crippen molar-refractivity contribution in [1.29, 1.82) is 0 Å². The van der Waals surface area contributed by atoms with Crippen molar-refractivity contribution in [2.24, 2.45) is 0 Å². The number of para-hydroxylation sites is 2. The summed E-state index contributed by atoms with van der Waals surface area (Å²) >= 11 is 0. The van der Waals surface area contributed by atoms with Crippen LogP contribution in [0.4, 0.5) is 8.78 Å². The van der Waals surface area contributed by atoms with Crippen molar-refractivity contribution in [1.82, 2.24) is 29.9 Å². The van der Waals surface area contributed by atoms with Crippen molar-refractivity contribution in [2.75, 3.05) is 0 Å². The normalized spacial score (nSPS) is 12.6. The van der Waals surface area contributed by atoms with E-state index in [-0.39, 0.29) is 11.6 Å². The molecule has 2 bridgehead atoms. The Kier molecular flexibility index (Phi) is 6.25. The molecule has 3 N–H and O–H groups in total. The number of imidazole rings is 2. The average molecular weight is 677 g/mol. The zero-order valence-corrected chi connectivity index (χ0v) is 27.4. The highest BCUT2D eigenvalue weighted by Crippen LogP contribution is 2.54. The fourth-order valence-corrected chi connectivity index (χ4v) is 11.9. The van der Waals surface area contributed by atoms with E-state index in [1.54, 1.807) is 12.7 Å². The van der Waals surface area contributed by atoms with Crippen LogP contribution in [0.3, 0.4) is 0 Å². The lowest BCUT2D eigenvalue weighted by atomic mass is 10.1. The average Bonchev–Trinajstić information content (AvgIpc) is 3.78. The summed E-state index contributed by atoms with van der Waals surface area (Å²) in [5.41, 5.74) is 7.02. The van der Waals surface area contributed by atoms with Gasteiger partial charge in [-0.3, -0.25) is 0 Å². The molecule has 0 aliphatic heterocycles. The molecule has 0 fully saturated rings. The van der Waals surface area contributed by atoms with E-state index in [1.165, 1.54) is 24.3 Å². The molecular weight excluding hydrogens is 652 g/mol. The van der Waals surface area contributed by atoms with E-state index in [1.807, 2.05) is 24.3 Å². The number of aromatic amines is 3. The number of hydrogen-bond acceptors (Lipinski definition) is 3. The lowest BCUT2D eigenvalue weighted by Gasteiger charge is -2.14. The van der Waals surface area contributed by atoms with Crippen LogP contribution in [-0.4, -0.2) is 29.9 Å². The SMILES string of the molecule is Fc1ccc(-p2c3cc4nc[nH]c4cc3[nH]c3cc4[nH]cnc4cc3p(-c3ccc(F)cc3)c3cccc4cc5cccc2c5nc43)cc1. The van der Waals surface area contributed by atoms with Gasteiger partial charge >= 0.3 is 0 Å². The molecule has 0 amide bonds. The zero-order valence-electron chi connectivity index (χ0n) is 25.6. The Morgan fingerprint density at radius 2 is 0.939 bits per heavy atom. The molecule has 234 valence electrons. The summed E-state index contributed by atoms with van der Waals surface area (Å²) in [6.07, 6.45) is 3.41. The number of nitrogens with zero attached hydrogens (tertiary/aromatic N) is 3. The third-order valence-corrected chi connectivity index (χ3v) is 14.1. The molecule has 4 aromatic heterocycles. The zero-order chi connectivity index (χ0) is 32.6. The van der Waals surface area contributed by atoms with Crippen molar-refractivity contribution in [3.05, 3.63) is 140 Å². The predicted molar refractivity (Wildman–Crippen MR) is 200 cm³/mol. The minimum Gasteiger partial charge on any atom is -0.354 e. The van der Waals surface area contributed by atoms with Crippen LogP contribution in [0.15, 0.2) is 128 Å². The predicted octanol–water partition coefficient (Wildman–Crippen LogP) is 11.8. The molecule has 0 aliphatic rings. The molecule has 10 heteroatoms. The number of nitrogens with one attached hydrogen (secondary N) is 3. The Morgan fingerprint density at radius 1 is 0.469 bits per heavy atom. The topological polar surface area (TPSA) is 86.0 Å². The first-order chi connectivity index (χ1) is 24.1. The van der Waals surface area contributed by atoms with Crippen LogP contribution in [0, 0.1) is 11.6 Å². The molecule has 2 atom stereocenters. The van der Waals surface area contributed by atoms with Gasteiger partial charge in [-0.05, 0) is 102 Å². The molecule has 0 radical (unpaired) electrons. The van der Waals surface area contributed by atoms with Gasteiger partial charge in [-0.25, -0.2) is 23.7 Å². The number of halogens is 2. The van der Waals surface area contributed by atoms with Gasteiger partial charge in [0.05, 0.1) is 56.8 Å². The first-order valence-corrected chi connectivity index (χ1v) is 18.4. The van der Waals surface area contributed by atoms with Gasteiger partial charge in [0.1, 0.15) is 11.6 Å². The smallest absolute Gasteiger partial charge is 0.123 e. The van der Waals surface area contributed by atoms with E-state index in [0.717, 1.165) is 86.0 Å². The number of rotatable bonds is 2. The number of H-pyrrole nitrogens is 3. The lowest BCUT2D eigenvalue weighted by Crippen LogP contribution is -1.86. The van der Waals surface area contributed by atoms with Crippen molar-refractivity contribution in [2.45, 2.75) is 0 Å². The summed E-state index contributed by atoms with van der Waals surface area (Å²) in [7, 11) is -2.52. The van der Waals surface area contributed by atoms with Gasteiger partial charge < -0.3 is 15.0 Å². The Hall–Kier alpha value is -5.81. The molecule has 0 saturated heterocycles. The highest BCUT2D eigenvalue weighted by atomic mass is 31.1. The molecule has 2 unspecified atom stereocenters. The van der Waals surface area contributed by atoms with E-state index < -0.39 is 15.1 Å². The third kappa shape index (κ3) is 4.56. The van der Waals surface area contributed by atoms with Crippen LogP contribution >= 0.6 is 15.1 Å². The van der Waals surface area contributed by atoms with Gasteiger partial charge in [0.15, 0.2) is 0 Å². The number of benzene rings is 6. The highest BCUT2D eigenvalue weighted by molar-refractivity contribution is 7.67. The molecule has 10 rings (SSSR count). The summed E-state index contributed by atoms with van der Waals surface area (Å²) in [4.78, 5) is 25.3. The number of pyridine rings is 1. The molecular formula is C39H24F2N6P2. The summed E-state index contributed by atoms with van der Waals surface area (Å²) in [5.74, 6) is -0.569. The maximum Gasteiger partial charge on any atom is 0.123 e. The molecule has 0 saturated carbocycles. The van der Waals surface area contributed by atoms with Crippen molar-refractivity contribution in [3.8, 4) is 10.6 Å². The minimum atomic E-state index is -1.26. The molecule has 6 aromatic carbocycles. The maximum absolute atomic E-state index is 14.4. The van der Waals surface area contributed by atoms with Crippen molar-refractivity contribution < 1.29 is 8.78 Å². The molecule has 10 aromatic rings. The monoisotopic (exact) mass is 676 g/mol. The van der Waals surface area contributed by atoms with Crippen LogP contribution in [0.2, 0.25) is 0 Å². The van der Waals surface area contributed by atoms with Crippen molar-refractivity contribution >= 4 is 90.4 Å². The summed E-state index contributed by atoms with van der Waals surface area (Å²) in [6.45, 7) is 0. The fraction of sp³-hybridized carbons (Fsp3) is 0. The first kappa shape index (κ1) is 28.2. The van der Waals surface area contributed by atoms with E-state index in [0.29, 0.717) is 0 Å². The van der Waals surface area contributed by atoms with Crippen LogP contribution < -0.4 is 0 Å². The van der Waals surface area contributed by atoms with Crippen molar-refractivity contribution in [3.63, 3.8) is 0 Å². The van der Waals surface area contributed by atoms with Gasteiger partial charge in [0, 0.05) is 31.2 Å². The second-order valence-electron chi connectivity index (χ2n) is 12.0. The largest absolute Gasteiger partial charge is 0.354 e. The minimum absolute atomic E-state index is 0.285. The van der Waals surface area contributed by atoms with Crippen LogP contribution in [-0.2, 0) is 0 Å². The van der Waals surface area contributed by atoms with Crippen LogP contribution in [0.1, 0.15) is 0 Å². The number of aromatic nitrogens is 6. The van der Waals surface area contributed by atoms with E-state index in [2.05, 4.69) is 91.6 Å². The molecule has 6 nitrogen and oxygen atoms in total. The molecule has 4 heterocycles. The summed E-state index contributed by atoms with van der Waals surface area (Å²) < 4.78 is 28.8. The summed E-state index contributed by atoms with van der Waals surface area (Å²) in [5, 5.41) is 8.22. The lowest BCUT2D eigenvalue weighted by molar-refractivity contribution is 0.628. The van der Waals surface area contributed by atoms with E-state index in [4.69, 9.17) is 4.98 Å². The summed E-state index contributed by atoms with van der Waals surface area (Å²) in [6, 6.07) is 37.0. The third-order valence-electron chi connectivity index (χ3n) is 9.10. The Bertz CT molecular complexity index is 2820. The van der Waals surface area contributed by atoms with E-state index in [9.17, 15) is 8.78 Å². The Labute approximate surface area is 278 Å². The molecule has 49 heavy (non-hydrogen) atoms. The van der Waals surface area contributed by atoms with Crippen LogP contribution in [0.25, 0.3) is 86.0 Å². The maximum atomic E-state index is 14.4. The van der Waals surface area contributed by atoms with Gasteiger partial charge in [-0.15, -0.1) is 0 Å². The van der Waals surface area contributed by atoms with Gasteiger partial charge in [0.25, 0.3) is 0 Å². The first-order valence-electron chi connectivity index (χ1n) is 15.7. The molecule has 0 spiro atoms. The number of hydrogen-bond donors (Lipinski definition) is 3. The highest BCUT2D eigenvalue weighted by Gasteiger charge is 2.16. The quantitative estimate of drug-likeness (QED) is 0.159. The van der Waals surface area contributed by atoms with Gasteiger partial charge in [-0.2, -0.15) is 0 Å². The van der Waals surface area contributed by atoms with Gasteiger partial charge in [0.2, 0.25) is 0 Å². The fourth-order valence-electron chi connectivity index (χ4n) is 6.87. The second-order valence-corrected chi connectivity index (χ2v) is 16.3. The molecule has 0 aliphatic carbocycles. The number of fused-ring (bicyclic) bond motifs is 4. The Morgan fingerprint density at radius 3 is 1.41 bits per heavy atom. The second kappa shape index (κ2) is 10.9. The van der Waals surface area contributed by atoms with Gasteiger partial charge in [-0.1, -0.05) is 39.3 Å². The standard InChI is InChI=1S/C39H24F2N6P2/c40-24-7-11-26(12-8-24)48-34-5-1-3-22-15-23-4-2-6-35(39(23)47-38(22)34)49(27-13-9-25(41)10-14-27)37-19-31-29(43-21-45-31)17-33(37)46-32-16-28-30(18-36(32)48)44-20-42-28/h1-21,46H,(H,42,44)(H,43,45).